The van der Waals surface area contributed by atoms with Crippen molar-refractivity contribution in [2.75, 3.05) is 5.32 Å². The van der Waals surface area contributed by atoms with Crippen molar-refractivity contribution in [2.24, 2.45) is 7.05 Å². The molecule has 0 bridgehead atoms. The second-order valence-corrected chi connectivity index (χ2v) is 8.00. The summed E-state index contributed by atoms with van der Waals surface area (Å²) in [6.07, 6.45) is 6.03. The van der Waals surface area contributed by atoms with Crippen LogP contribution in [0.25, 0.3) is 0 Å². The summed E-state index contributed by atoms with van der Waals surface area (Å²) in [6.45, 7) is 3.82. The molecule has 35 heavy (non-hydrogen) atoms. The van der Waals surface area contributed by atoms with Gasteiger partial charge >= 0.3 is 0 Å². The van der Waals surface area contributed by atoms with E-state index in [2.05, 4.69) is 26.6 Å². The predicted octanol–water partition coefficient (Wildman–Crippen LogP) is 2.75. The van der Waals surface area contributed by atoms with Gasteiger partial charge in [-0.1, -0.05) is 30.3 Å². The van der Waals surface area contributed by atoms with Crippen molar-refractivity contribution in [3.05, 3.63) is 87.7 Å². The van der Waals surface area contributed by atoms with Crippen molar-refractivity contribution in [2.45, 2.75) is 32.2 Å². The van der Waals surface area contributed by atoms with Crippen LogP contribution < -0.4 is 10.9 Å². The minimum Gasteiger partial charge on any atom is -0.501 e. The number of aryl methyl sites for hydroxylation is 1. The molecule has 0 saturated heterocycles. The molecule has 178 valence electrons. The van der Waals surface area contributed by atoms with Crippen LogP contribution in [0.1, 0.15) is 58.7 Å². The summed E-state index contributed by atoms with van der Waals surface area (Å²) in [5.41, 5.74) is 1.11. The number of carbonyl (C=O) groups excluding carboxylic acids is 1. The Morgan fingerprint density at radius 1 is 1.31 bits per heavy atom. The number of aromatic hydroxyl groups is 1. The molecule has 0 aliphatic heterocycles. The summed E-state index contributed by atoms with van der Waals surface area (Å²) in [5.74, 6) is -2.15. The summed E-state index contributed by atoms with van der Waals surface area (Å²) in [4.78, 5) is 30.4. The molecule has 1 aromatic carbocycles. The minimum absolute atomic E-state index is 0.215. The lowest BCUT2D eigenvalue weighted by atomic mass is 9.80. The third kappa shape index (κ3) is 4.41. The fourth-order valence-electron chi connectivity index (χ4n) is 4.19. The summed E-state index contributed by atoms with van der Waals surface area (Å²) in [7, 11) is 1.79. The summed E-state index contributed by atoms with van der Waals surface area (Å²) in [5, 5.41) is 30.6. The van der Waals surface area contributed by atoms with E-state index in [1.807, 2.05) is 25.3 Å². The Morgan fingerprint density at radius 2 is 2.09 bits per heavy atom. The Labute approximate surface area is 200 Å². The third-order valence-electron chi connectivity index (χ3n) is 5.80. The van der Waals surface area contributed by atoms with E-state index in [-0.39, 0.29) is 18.1 Å². The second kappa shape index (κ2) is 9.64. The van der Waals surface area contributed by atoms with Crippen LogP contribution in [-0.4, -0.2) is 35.5 Å². The maximum absolute atomic E-state index is 13.1. The van der Waals surface area contributed by atoms with Gasteiger partial charge in [0.25, 0.3) is 11.5 Å². The number of nitrogens with one attached hydrogen (secondary N) is 1. The van der Waals surface area contributed by atoms with Crippen LogP contribution in [0.4, 0.5) is 5.69 Å². The lowest BCUT2D eigenvalue weighted by Crippen LogP contribution is -2.31. The van der Waals surface area contributed by atoms with Gasteiger partial charge in [-0.05, 0) is 24.1 Å². The van der Waals surface area contributed by atoms with Crippen molar-refractivity contribution in [3.8, 4) is 11.8 Å². The highest BCUT2D eigenvalue weighted by atomic mass is 16.5. The second-order valence-electron chi connectivity index (χ2n) is 8.00. The third-order valence-corrected chi connectivity index (χ3v) is 5.80. The lowest BCUT2D eigenvalue weighted by Gasteiger charge is -2.26. The molecule has 0 radical (unpaired) electrons. The van der Waals surface area contributed by atoms with Crippen molar-refractivity contribution in [1.29, 1.82) is 5.26 Å². The molecular formula is C24H23N7O4. The van der Waals surface area contributed by atoms with E-state index in [0.29, 0.717) is 5.56 Å². The monoisotopic (exact) mass is 473 g/mol. The van der Waals surface area contributed by atoms with Gasteiger partial charge in [-0.2, -0.15) is 10.4 Å². The number of carbonyl (C=O) groups is 1. The van der Waals surface area contributed by atoms with Crippen molar-refractivity contribution >= 4 is 11.6 Å². The molecule has 2 N–H and O–H groups in total. The zero-order chi connectivity index (χ0) is 25.1. The summed E-state index contributed by atoms with van der Waals surface area (Å²) in [6, 6.07) is 9.41. The average molecular weight is 473 g/mol. The SMILES string of the molecule is CCn1c([C@@H](C)[C@H](c2cnn(C)c2)c2ccccc2C#N)nc(C(=O)Nc2cnoc2)c(O)c1=O. The maximum atomic E-state index is 13.1. The zero-order valence-corrected chi connectivity index (χ0v) is 19.3. The molecule has 2 atom stereocenters. The van der Waals surface area contributed by atoms with E-state index in [0.717, 1.165) is 11.1 Å². The van der Waals surface area contributed by atoms with E-state index in [1.54, 1.807) is 37.0 Å². The molecule has 0 unspecified atom stereocenters. The number of rotatable bonds is 7. The van der Waals surface area contributed by atoms with Gasteiger partial charge in [0.05, 0.1) is 24.0 Å². The van der Waals surface area contributed by atoms with Gasteiger partial charge in [0.2, 0.25) is 5.75 Å². The number of aromatic nitrogens is 5. The molecule has 3 heterocycles. The number of amides is 1. The van der Waals surface area contributed by atoms with Crippen molar-refractivity contribution < 1.29 is 14.4 Å². The first-order valence-corrected chi connectivity index (χ1v) is 10.9. The van der Waals surface area contributed by atoms with Crippen LogP contribution in [0.2, 0.25) is 0 Å². The van der Waals surface area contributed by atoms with Crippen LogP contribution >= 0.6 is 0 Å². The Morgan fingerprint density at radius 3 is 2.71 bits per heavy atom. The largest absolute Gasteiger partial charge is 0.501 e. The van der Waals surface area contributed by atoms with Crippen LogP contribution in [0.5, 0.6) is 5.75 Å². The number of hydrogen-bond acceptors (Lipinski definition) is 8. The van der Waals surface area contributed by atoms with E-state index >= 15 is 0 Å². The van der Waals surface area contributed by atoms with Gasteiger partial charge in [0.15, 0.2) is 5.69 Å². The normalized spacial score (nSPS) is 12.6. The molecule has 0 fully saturated rings. The fraction of sp³-hybridized carbons (Fsp3) is 0.250. The lowest BCUT2D eigenvalue weighted by molar-refractivity contribution is 0.101. The molecule has 3 aromatic heterocycles. The Bertz CT molecular complexity index is 1460. The predicted molar refractivity (Wildman–Crippen MR) is 125 cm³/mol. The average Bonchev–Trinajstić information content (AvgIpc) is 3.52. The highest BCUT2D eigenvalue weighted by Gasteiger charge is 2.31. The van der Waals surface area contributed by atoms with Crippen LogP contribution in [0.15, 0.2) is 58.4 Å². The molecule has 4 rings (SSSR count). The molecule has 0 spiro atoms. The topological polar surface area (TPSA) is 152 Å². The van der Waals surface area contributed by atoms with Crippen molar-refractivity contribution in [1.82, 2.24) is 24.5 Å². The van der Waals surface area contributed by atoms with Gasteiger partial charge in [0, 0.05) is 31.6 Å². The van der Waals surface area contributed by atoms with E-state index in [9.17, 15) is 20.0 Å². The van der Waals surface area contributed by atoms with Crippen LogP contribution in [-0.2, 0) is 13.6 Å². The fourth-order valence-corrected chi connectivity index (χ4v) is 4.19. The number of nitrogens with zero attached hydrogens (tertiary/aromatic N) is 6. The summed E-state index contributed by atoms with van der Waals surface area (Å²) < 4.78 is 7.69. The molecule has 1 amide bonds. The molecule has 0 aliphatic carbocycles. The molecule has 11 nitrogen and oxygen atoms in total. The van der Waals surface area contributed by atoms with E-state index < -0.39 is 34.7 Å². The quantitative estimate of drug-likeness (QED) is 0.416. The Kier molecular flexibility index (Phi) is 6.46. The standard InChI is InChI=1S/C24H23N7O4/c1-4-31-22(29-20(21(32)24(31)34)23(33)28-17-11-27-35-13-17)14(2)19(16-10-26-30(3)12-16)18-8-6-5-7-15(18)9-25/h5-8,10-14,19,32H,4H2,1-3H3,(H,28,33)/t14-,19+/m0/s1. The van der Waals surface area contributed by atoms with E-state index in [4.69, 9.17) is 4.52 Å². The van der Waals surface area contributed by atoms with Gasteiger partial charge in [-0.3, -0.25) is 18.8 Å². The number of anilines is 1. The molecule has 0 aliphatic rings. The van der Waals surface area contributed by atoms with Gasteiger partial charge in [-0.25, -0.2) is 4.98 Å². The first-order valence-electron chi connectivity index (χ1n) is 10.9. The molecule has 0 saturated carbocycles. The smallest absolute Gasteiger partial charge is 0.296 e. The van der Waals surface area contributed by atoms with Crippen LogP contribution in [0, 0.1) is 11.3 Å². The molecule has 11 heteroatoms. The van der Waals surface area contributed by atoms with E-state index in [1.165, 1.54) is 17.0 Å². The number of nitriles is 1. The zero-order valence-electron chi connectivity index (χ0n) is 19.3. The number of benzene rings is 1. The summed E-state index contributed by atoms with van der Waals surface area (Å²) >= 11 is 0. The molecule has 4 aromatic rings. The number of hydrogen-bond donors (Lipinski definition) is 2. The maximum Gasteiger partial charge on any atom is 0.296 e. The Hall–Kier alpha value is -4.72. The first-order chi connectivity index (χ1) is 16.8. The van der Waals surface area contributed by atoms with Gasteiger partial charge in [-0.15, -0.1) is 0 Å². The Balaban J connectivity index is 1.88. The first kappa shape index (κ1) is 23.4. The minimum atomic E-state index is -0.783. The highest BCUT2D eigenvalue weighted by Crippen LogP contribution is 2.39. The highest BCUT2D eigenvalue weighted by molar-refractivity contribution is 6.04. The van der Waals surface area contributed by atoms with Gasteiger partial charge < -0.3 is 14.9 Å². The van der Waals surface area contributed by atoms with Crippen LogP contribution in [0.3, 0.4) is 0 Å². The van der Waals surface area contributed by atoms with Crippen molar-refractivity contribution in [3.63, 3.8) is 0 Å². The van der Waals surface area contributed by atoms with Gasteiger partial charge in [0.1, 0.15) is 17.8 Å². The molecular weight excluding hydrogens is 450 g/mol.